The van der Waals surface area contributed by atoms with E-state index in [0.29, 0.717) is 5.88 Å². The zero-order valence-corrected chi connectivity index (χ0v) is 14.5. The Morgan fingerprint density at radius 3 is 2.62 bits per heavy atom. The molecule has 0 saturated heterocycles. The second kappa shape index (κ2) is 5.81. The van der Waals surface area contributed by atoms with Crippen LogP contribution in [0.15, 0.2) is 36.4 Å². The summed E-state index contributed by atoms with van der Waals surface area (Å²) < 4.78 is 8.33. The summed E-state index contributed by atoms with van der Waals surface area (Å²) in [6.45, 7) is 1.91. The Hall–Kier alpha value is -1.34. The molecule has 0 saturated carbocycles. The van der Waals surface area contributed by atoms with Gasteiger partial charge < -0.3 is 4.74 Å². The first kappa shape index (κ1) is 14.6. The number of alkyl halides is 1. The standard InChI is InChI=1S/C15H13ClIN3O/c1-9(16)14-18-11-7-8-13(21-2)19-15(11)20(14)12-6-4-3-5-10(12)17/h3-9H,1-2H3. The van der Waals surface area contributed by atoms with Crippen LogP contribution in [0.3, 0.4) is 0 Å². The van der Waals surface area contributed by atoms with E-state index in [0.717, 1.165) is 26.2 Å². The minimum atomic E-state index is -0.221. The molecule has 1 unspecified atom stereocenters. The second-order valence-corrected chi connectivity index (χ2v) is 6.39. The molecule has 1 aromatic carbocycles. The normalized spacial score (nSPS) is 12.6. The number of imidazole rings is 1. The molecule has 108 valence electrons. The number of rotatable bonds is 3. The molecular weight excluding hydrogens is 401 g/mol. The van der Waals surface area contributed by atoms with Crippen molar-refractivity contribution in [2.45, 2.75) is 12.3 Å². The molecule has 0 N–H and O–H groups in total. The molecule has 2 aromatic heterocycles. The van der Waals surface area contributed by atoms with Crippen molar-refractivity contribution in [1.82, 2.24) is 14.5 Å². The number of para-hydroxylation sites is 1. The number of pyridine rings is 1. The van der Waals surface area contributed by atoms with Crippen LogP contribution in [0.5, 0.6) is 5.88 Å². The molecule has 0 aliphatic heterocycles. The SMILES string of the molecule is COc1ccc2nc(C(C)Cl)n(-c3ccccc3I)c2n1. The van der Waals surface area contributed by atoms with E-state index in [1.54, 1.807) is 13.2 Å². The maximum atomic E-state index is 6.31. The number of aromatic nitrogens is 3. The zero-order valence-electron chi connectivity index (χ0n) is 11.5. The Morgan fingerprint density at radius 1 is 1.19 bits per heavy atom. The van der Waals surface area contributed by atoms with Crippen LogP contribution in [0.2, 0.25) is 0 Å². The maximum Gasteiger partial charge on any atom is 0.215 e. The van der Waals surface area contributed by atoms with E-state index in [1.807, 2.05) is 41.8 Å². The highest BCUT2D eigenvalue weighted by molar-refractivity contribution is 14.1. The highest BCUT2D eigenvalue weighted by Gasteiger charge is 2.19. The summed E-state index contributed by atoms with van der Waals surface area (Å²) in [5, 5.41) is -0.221. The predicted molar refractivity (Wildman–Crippen MR) is 92.4 cm³/mol. The largest absolute Gasteiger partial charge is 0.481 e. The second-order valence-electron chi connectivity index (χ2n) is 4.57. The Balaban J connectivity index is 2.37. The van der Waals surface area contributed by atoms with Gasteiger partial charge in [-0.1, -0.05) is 12.1 Å². The minimum Gasteiger partial charge on any atom is -0.481 e. The summed E-state index contributed by atoms with van der Waals surface area (Å²) in [5.74, 6) is 1.33. The number of halogens is 2. The molecule has 0 aliphatic rings. The Labute approximate surface area is 141 Å². The van der Waals surface area contributed by atoms with Gasteiger partial charge in [0.2, 0.25) is 5.88 Å². The van der Waals surface area contributed by atoms with E-state index in [4.69, 9.17) is 16.3 Å². The van der Waals surface area contributed by atoms with Crippen LogP contribution in [0, 0.1) is 3.57 Å². The van der Waals surface area contributed by atoms with Crippen molar-refractivity contribution < 1.29 is 4.74 Å². The molecule has 0 radical (unpaired) electrons. The fourth-order valence-corrected chi connectivity index (χ4v) is 2.98. The lowest BCUT2D eigenvalue weighted by atomic mass is 10.3. The van der Waals surface area contributed by atoms with Crippen molar-refractivity contribution in [2.75, 3.05) is 7.11 Å². The first-order chi connectivity index (χ1) is 10.1. The van der Waals surface area contributed by atoms with Crippen LogP contribution in [0.25, 0.3) is 16.9 Å². The average Bonchev–Trinajstić information content (AvgIpc) is 2.86. The molecule has 2 heterocycles. The number of methoxy groups -OCH3 is 1. The summed E-state index contributed by atoms with van der Waals surface area (Å²) in [7, 11) is 1.60. The Kier molecular flexibility index (Phi) is 4.03. The van der Waals surface area contributed by atoms with Crippen LogP contribution < -0.4 is 4.74 Å². The average molecular weight is 414 g/mol. The van der Waals surface area contributed by atoms with Crippen LogP contribution in [-0.2, 0) is 0 Å². The van der Waals surface area contributed by atoms with Crippen LogP contribution in [-0.4, -0.2) is 21.6 Å². The van der Waals surface area contributed by atoms with Gasteiger partial charge in [0.1, 0.15) is 11.3 Å². The van der Waals surface area contributed by atoms with E-state index >= 15 is 0 Å². The van der Waals surface area contributed by atoms with Crippen molar-refractivity contribution in [1.29, 1.82) is 0 Å². The van der Waals surface area contributed by atoms with Gasteiger partial charge in [0.25, 0.3) is 0 Å². The number of fused-ring (bicyclic) bond motifs is 1. The van der Waals surface area contributed by atoms with Gasteiger partial charge in [-0.15, -0.1) is 11.6 Å². The number of nitrogens with zero attached hydrogens (tertiary/aromatic N) is 3. The van der Waals surface area contributed by atoms with Gasteiger partial charge in [-0.25, -0.2) is 4.98 Å². The highest BCUT2D eigenvalue weighted by Crippen LogP contribution is 2.30. The first-order valence-electron chi connectivity index (χ1n) is 6.44. The van der Waals surface area contributed by atoms with Gasteiger partial charge in [0, 0.05) is 9.64 Å². The van der Waals surface area contributed by atoms with Crippen molar-refractivity contribution in [2.24, 2.45) is 0 Å². The van der Waals surface area contributed by atoms with Gasteiger partial charge >= 0.3 is 0 Å². The quantitative estimate of drug-likeness (QED) is 0.474. The summed E-state index contributed by atoms with van der Waals surface area (Å²) in [5.41, 5.74) is 2.57. The summed E-state index contributed by atoms with van der Waals surface area (Å²) in [4.78, 5) is 9.15. The number of benzene rings is 1. The van der Waals surface area contributed by atoms with Crippen molar-refractivity contribution in [3.63, 3.8) is 0 Å². The zero-order chi connectivity index (χ0) is 15.0. The monoisotopic (exact) mass is 413 g/mol. The third-order valence-corrected chi connectivity index (χ3v) is 4.27. The molecule has 4 nitrogen and oxygen atoms in total. The van der Waals surface area contributed by atoms with Crippen molar-refractivity contribution >= 4 is 45.4 Å². The predicted octanol–water partition coefficient (Wildman–Crippen LogP) is 4.33. The third-order valence-electron chi connectivity index (χ3n) is 3.16. The molecule has 3 rings (SSSR count). The van der Waals surface area contributed by atoms with E-state index in [1.165, 1.54) is 0 Å². The maximum absolute atomic E-state index is 6.31. The lowest BCUT2D eigenvalue weighted by molar-refractivity contribution is 0.399. The molecule has 0 aliphatic carbocycles. The molecule has 0 spiro atoms. The minimum absolute atomic E-state index is 0.221. The summed E-state index contributed by atoms with van der Waals surface area (Å²) >= 11 is 8.61. The molecule has 6 heteroatoms. The number of hydrogen-bond donors (Lipinski definition) is 0. The molecule has 0 bridgehead atoms. The summed E-state index contributed by atoms with van der Waals surface area (Å²) in [6.07, 6.45) is 0. The van der Waals surface area contributed by atoms with Gasteiger partial charge in [0.15, 0.2) is 5.65 Å². The smallest absolute Gasteiger partial charge is 0.215 e. The van der Waals surface area contributed by atoms with E-state index in [-0.39, 0.29) is 5.38 Å². The van der Waals surface area contributed by atoms with E-state index in [9.17, 15) is 0 Å². The number of ether oxygens (including phenoxy) is 1. The van der Waals surface area contributed by atoms with Crippen LogP contribution >= 0.6 is 34.2 Å². The molecule has 0 amide bonds. The first-order valence-corrected chi connectivity index (χ1v) is 7.95. The van der Waals surface area contributed by atoms with Crippen LogP contribution in [0.1, 0.15) is 18.1 Å². The Morgan fingerprint density at radius 2 is 1.95 bits per heavy atom. The fraction of sp³-hybridized carbons (Fsp3) is 0.200. The van der Waals surface area contributed by atoms with Gasteiger partial charge in [-0.2, -0.15) is 4.98 Å². The van der Waals surface area contributed by atoms with Crippen LogP contribution in [0.4, 0.5) is 0 Å². The summed E-state index contributed by atoms with van der Waals surface area (Å²) in [6, 6.07) is 11.8. The van der Waals surface area contributed by atoms with Gasteiger partial charge in [-0.3, -0.25) is 4.57 Å². The lowest BCUT2D eigenvalue weighted by Crippen LogP contribution is -2.04. The molecule has 21 heavy (non-hydrogen) atoms. The van der Waals surface area contributed by atoms with Crippen molar-refractivity contribution in [3.05, 3.63) is 45.8 Å². The topological polar surface area (TPSA) is 39.9 Å². The molecule has 1 atom stereocenters. The molecular formula is C15H13ClIN3O. The molecule has 3 aromatic rings. The Bertz CT molecular complexity index is 801. The highest BCUT2D eigenvalue weighted by atomic mass is 127. The number of hydrogen-bond acceptors (Lipinski definition) is 3. The van der Waals surface area contributed by atoms with E-state index < -0.39 is 0 Å². The lowest BCUT2D eigenvalue weighted by Gasteiger charge is -2.12. The van der Waals surface area contributed by atoms with Gasteiger partial charge in [-0.05, 0) is 47.7 Å². The third kappa shape index (κ3) is 2.60. The fourth-order valence-electron chi connectivity index (χ4n) is 2.21. The van der Waals surface area contributed by atoms with Gasteiger partial charge in [0.05, 0.1) is 18.2 Å². The van der Waals surface area contributed by atoms with E-state index in [2.05, 4.69) is 32.6 Å². The molecule has 0 fully saturated rings. The van der Waals surface area contributed by atoms with Crippen molar-refractivity contribution in [3.8, 4) is 11.6 Å².